The summed E-state index contributed by atoms with van der Waals surface area (Å²) >= 11 is 0. The van der Waals surface area contributed by atoms with Gasteiger partial charge in [-0.25, -0.2) is 9.59 Å². The summed E-state index contributed by atoms with van der Waals surface area (Å²) in [4.78, 5) is 51.4. The molecule has 1 aromatic heterocycles. The first kappa shape index (κ1) is 21.2. The molecule has 0 saturated carbocycles. The molecule has 2 N–H and O–H groups in total. The lowest BCUT2D eigenvalue weighted by atomic mass is 10.1. The minimum absolute atomic E-state index is 0.0791. The number of hydrogen-bond acceptors (Lipinski definition) is 6. The Labute approximate surface area is 152 Å². The summed E-state index contributed by atoms with van der Waals surface area (Å²) in [5, 5.41) is 2.35. The van der Waals surface area contributed by atoms with Crippen LogP contribution in [-0.4, -0.2) is 67.0 Å². The maximum absolute atomic E-state index is 12.2. The Bertz CT molecular complexity index is 706. The largest absolute Gasteiger partial charge is 0.459 e. The number of ether oxygens (including phenoxy) is 2. The van der Waals surface area contributed by atoms with Crippen molar-refractivity contribution in [2.75, 3.05) is 27.2 Å². The molecule has 0 fully saturated rings. The van der Waals surface area contributed by atoms with Crippen molar-refractivity contribution < 1.29 is 28.7 Å². The molecule has 26 heavy (non-hydrogen) atoms. The van der Waals surface area contributed by atoms with Crippen LogP contribution in [0.4, 0.5) is 0 Å². The molecule has 0 atom stereocenters. The number of likely N-dealkylation sites (N-methyl/N-ethyl adjacent to an activating group) is 1. The fourth-order valence-electron chi connectivity index (χ4n) is 2.12. The van der Waals surface area contributed by atoms with Crippen LogP contribution >= 0.6 is 0 Å². The van der Waals surface area contributed by atoms with E-state index in [1.165, 1.54) is 4.90 Å². The van der Waals surface area contributed by atoms with Gasteiger partial charge in [0.05, 0.1) is 18.2 Å². The van der Waals surface area contributed by atoms with Gasteiger partial charge in [-0.1, -0.05) is 0 Å². The highest BCUT2D eigenvalue weighted by Gasteiger charge is 2.24. The van der Waals surface area contributed by atoms with Crippen LogP contribution < -0.4 is 5.32 Å². The van der Waals surface area contributed by atoms with Crippen LogP contribution in [0.3, 0.4) is 0 Å². The second kappa shape index (κ2) is 9.02. The van der Waals surface area contributed by atoms with Crippen molar-refractivity contribution in [2.45, 2.75) is 33.8 Å². The third kappa shape index (κ3) is 5.61. The summed E-state index contributed by atoms with van der Waals surface area (Å²) < 4.78 is 10.1. The fraction of sp³-hybridized carbons (Fsp3) is 0.529. The average molecular weight is 367 g/mol. The van der Waals surface area contributed by atoms with Crippen LogP contribution in [0.15, 0.2) is 0 Å². The van der Waals surface area contributed by atoms with E-state index in [4.69, 9.17) is 9.47 Å². The molecule has 1 heterocycles. The highest BCUT2D eigenvalue weighted by atomic mass is 16.5. The SMILES string of the molecule is Cc1[nH]c(C(=O)OCC(=O)NCC(=O)N(C)C)c(C)c1C(=O)OC(C)C. The minimum atomic E-state index is -0.775. The monoisotopic (exact) mass is 367 g/mol. The second-order valence-electron chi connectivity index (χ2n) is 6.22. The number of nitrogens with zero attached hydrogens (tertiary/aromatic N) is 1. The number of rotatable bonds is 7. The molecule has 0 unspecified atom stereocenters. The van der Waals surface area contributed by atoms with Crippen molar-refractivity contribution in [1.82, 2.24) is 15.2 Å². The molecule has 0 bridgehead atoms. The number of H-pyrrole nitrogens is 1. The van der Waals surface area contributed by atoms with E-state index in [0.717, 1.165) is 0 Å². The van der Waals surface area contributed by atoms with Gasteiger partial charge in [0.25, 0.3) is 5.91 Å². The Morgan fingerprint density at radius 1 is 1.12 bits per heavy atom. The third-order valence-corrected chi connectivity index (χ3v) is 3.46. The van der Waals surface area contributed by atoms with Gasteiger partial charge in [0.2, 0.25) is 5.91 Å². The van der Waals surface area contributed by atoms with Crippen molar-refractivity contribution in [3.8, 4) is 0 Å². The van der Waals surface area contributed by atoms with Gasteiger partial charge in [0.1, 0.15) is 5.69 Å². The lowest BCUT2D eigenvalue weighted by Crippen LogP contribution is -2.38. The van der Waals surface area contributed by atoms with Crippen molar-refractivity contribution in [3.05, 3.63) is 22.5 Å². The zero-order chi connectivity index (χ0) is 20.0. The molecule has 2 amide bonds. The number of amides is 2. The highest BCUT2D eigenvalue weighted by molar-refractivity contribution is 5.99. The minimum Gasteiger partial charge on any atom is -0.459 e. The van der Waals surface area contributed by atoms with Gasteiger partial charge in [-0.05, 0) is 33.3 Å². The number of aryl methyl sites for hydroxylation is 1. The molecule has 144 valence electrons. The summed E-state index contributed by atoms with van der Waals surface area (Å²) in [6.45, 7) is 5.96. The normalized spacial score (nSPS) is 10.4. The van der Waals surface area contributed by atoms with Gasteiger partial charge < -0.3 is 24.7 Å². The predicted octanol–water partition coefficient (Wildman–Crippen LogP) is 0.558. The molecule has 0 radical (unpaired) electrons. The number of carbonyl (C=O) groups is 4. The molecule has 9 heteroatoms. The Kier molecular flexibility index (Phi) is 7.36. The smallest absolute Gasteiger partial charge is 0.355 e. The first-order valence-electron chi connectivity index (χ1n) is 8.08. The van der Waals surface area contributed by atoms with Crippen LogP contribution in [0.1, 0.15) is 46.0 Å². The number of aromatic amines is 1. The predicted molar refractivity (Wildman–Crippen MR) is 92.8 cm³/mol. The van der Waals surface area contributed by atoms with E-state index in [9.17, 15) is 19.2 Å². The van der Waals surface area contributed by atoms with Crippen molar-refractivity contribution in [2.24, 2.45) is 0 Å². The van der Waals surface area contributed by atoms with Gasteiger partial charge in [0.15, 0.2) is 6.61 Å². The van der Waals surface area contributed by atoms with E-state index in [2.05, 4.69) is 10.3 Å². The topological polar surface area (TPSA) is 118 Å². The number of esters is 2. The van der Waals surface area contributed by atoms with Crippen LogP contribution in [0.2, 0.25) is 0 Å². The van der Waals surface area contributed by atoms with Gasteiger partial charge in [-0.2, -0.15) is 0 Å². The molecular formula is C17H25N3O6. The van der Waals surface area contributed by atoms with E-state index in [0.29, 0.717) is 11.3 Å². The van der Waals surface area contributed by atoms with Crippen molar-refractivity contribution >= 4 is 23.8 Å². The molecule has 1 aromatic rings. The van der Waals surface area contributed by atoms with E-state index in [1.807, 2.05) is 0 Å². The number of nitrogens with one attached hydrogen (secondary N) is 2. The molecule has 0 aliphatic heterocycles. The molecule has 0 aromatic carbocycles. The lowest BCUT2D eigenvalue weighted by Gasteiger charge is -2.11. The Hall–Kier alpha value is -2.84. The van der Waals surface area contributed by atoms with E-state index in [-0.39, 0.29) is 29.8 Å². The van der Waals surface area contributed by atoms with Crippen LogP contribution in [0.5, 0.6) is 0 Å². The number of carbonyl (C=O) groups excluding carboxylic acids is 4. The molecule has 0 saturated heterocycles. The lowest BCUT2D eigenvalue weighted by molar-refractivity contribution is -0.131. The molecule has 9 nitrogen and oxygen atoms in total. The van der Waals surface area contributed by atoms with E-state index < -0.39 is 24.5 Å². The third-order valence-electron chi connectivity index (χ3n) is 3.46. The first-order chi connectivity index (χ1) is 12.0. The summed E-state index contributed by atoms with van der Waals surface area (Å²) in [5.74, 6) is -2.20. The van der Waals surface area contributed by atoms with Gasteiger partial charge in [-0.3, -0.25) is 9.59 Å². The highest BCUT2D eigenvalue weighted by Crippen LogP contribution is 2.20. The molecular weight excluding hydrogens is 342 g/mol. The molecule has 1 rings (SSSR count). The summed E-state index contributed by atoms with van der Waals surface area (Å²) in [7, 11) is 3.12. The van der Waals surface area contributed by atoms with Crippen LogP contribution in [0.25, 0.3) is 0 Å². The van der Waals surface area contributed by atoms with Gasteiger partial charge >= 0.3 is 11.9 Å². The maximum Gasteiger partial charge on any atom is 0.355 e. The molecule has 0 spiro atoms. The molecule has 0 aliphatic rings. The zero-order valence-electron chi connectivity index (χ0n) is 15.9. The van der Waals surface area contributed by atoms with Crippen LogP contribution in [-0.2, 0) is 19.1 Å². The van der Waals surface area contributed by atoms with Crippen LogP contribution in [0, 0.1) is 13.8 Å². The fourth-order valence-corrected chi connectivity index (χ4v) is 2.12. The summed E-state index contributed by atoms with van der Waals surface area (Å²) in [6.07, 6.45) is -0.292. The molecule has 0 aliphatic carbocycles. The Balaban J connectivity index is 2.70. The number of hydrogen-bond donors (Lipinski definition) is 2. The van der Waals surface area contributed by atoms with E-state index in [1.54, 1.807) is 41.8 Å². The quantitative estimate of drug-likeness (QED) is 0.680. The zero-order valence-corrected chi connectivity index (χ0v) is 15.9. The summed E-state index contributed by atoms with van der Waals surface area (Å²) in [5.41, 5.74) is 1.21. The van der Waals surface area contributed by atoms with E-state index >= 15 is 0 Å². The van der Waals surface area contributed by atoms with Gasteiger partial charge in [0, 0.05) is 19.8 Å². The summed E-state index contributed by atoms with van der Waals surface area (Å²) in [6, 6.07) is 0. The van der Waals surface area contributed by atoms with Gasteiger partial charge in [-0.15, -0.1) is 0 Å². The standard InChI is InChI=1S/C17H25N3O6/c1-9(2)26-16(23)14-10(3)15(19-11(14)4)17(24)25-8-12(21)18-7-13(22)20(5)6/h9,19H,7-8H2,1-6H3,(H,18,21). The van der Waals surface area contributed by atoms with Crippen molar-refractivity contribution in [1.29, 1.82) is 0 Å². The second-order valence-corrected chi connectivity index (χ2v) is 6.22. The first-order valence-corrected chi connectivity index (χ1v) is 8.08. The maximum atomic E-state index is 12.2. The average Bonchev–Trinajstić information content (AvgIpc) is 2.84. The Morgan fingerprint density at radius 2 is 1.73 bits per heavy atom. The number of aromatic nitrogens is 1. The van der Waals surface area contributed by atoms with Crippen molar-refractivity contribution in [3.63, 3.8) is 0 Å². The Morgan fingerprint density at radius 3 is 2.27 bits per heavy atom.